The lowest BCUT2D eigenvalue weighted by Gasteiger charge is -2.39. The molecule has 1 aliphatic rings. The molecule has 0 aliphatic carbocycles. The summed E-state index contributed by atoms with van der Waals surface area (Å²) >= 11 is 0. The van der Waals surface area contributed by atoms with Crippen molar-refractivity contribution >= 4 is 22.9 Å². The molecule has 0 unspecified atom stereocenters. The van der Waals surface area contributed by atoms with Gasteiger partial charge >= 0.3 is 6.09 Å². The molecule has 1 saturated heterocycles. The predicted molar refractivity (Wildman–Crippen MR) is 90.8 cm³/mol. The number of fused-ring (bicyclic) bond motifs is 1. The minimum atomic E-state index is -0.513. The summed E-state index contributed by atoms with van der Waals surface area (Å²) in [6, 6.07) is 11.2. The monoisotopic (exact) mass is 327 g/mol. The molecule has 2 heterocycles. The fraction of sp³-hybridized carbons (Fsp3) is 0.389. The Morgan fingerprint density at radius 3 is 2.58 bits per heavy atom. The van der Waals surface area contributed by atoms with Crippen LogP contribution in [0.5, 0.6) is 0 Å². The zero-order valence-corrected chi connectivity index (χ0v) is 14.1. The second-order valence-electron chi connectivity index (χ2n) is 6.94. The molecule has 3 rings (SSSR count). The standard InChI is InChI=1S/C18H21N3O3/c1-18(2,3)24-17(23)21-10-13(11-21)19-16(22)15-9-8-12-6-4-5-7-14(12)20-15/h4-9,13H,10-11H2,1-3H3,(H,19,22). The Hall–Kier alpha value is -2.63. The van der Waals surface area contributed by atoms with Crippen molar-refractivity contribution in [3.05, 3.63) is 42.1 Å². The minimum absolute atomic E-state index is 0.0710. The van der Waals surface area contributed by atoms with E-state index in [1.165, 1.54) is 0 Å². The minimum Gasteiger partial charge on any atom is -0.444 e. The topological polar surface area (TPSA) is 71.5 Å². The highest BCUT2D eigenvalue weighted by atomic mass is 16.6. The van der Waals surface area contributed by atoms with E-state index < -0.39 is 5.60 Å². The molecule has 6 heteroatoms. The molecule has 2 aromatic rings. The number of ether oxygens (including phenoxy) is 1. The van der Waals surface area contributed by atoms with E-state index in [9.17, 15) is 9.59 Å². The SMILES string of the molecule is CC(C)(C)OC(=O)N1CC(NC(=O)c2ccc3ccccc3n2)C1. The number of benzene rings is 1. The van der Waals surface area contributed by atoms with Gasteiger partial charge in [0.15, 0.2) is 0 Å². The molecule has 0 bridgehead atoms. The van der Waals surface area contributed by atoms with Gasteiger partial charge in [-0.15, -0.1) is 0 Å². The van der Waals surface area contributed by atoms with E-state index in [1.807, 2.05) is 51.1 Å². The molecule has 1 fully saturated rings. The lowest BCUT2D eigenvalue weighted by atomic mass is 10.1. The van der Waals surface area contributed by atoms with Crippen molar-refractivity contribution in [2.45, 2.75) is 32.4 Å². The highest BCUT2D eigenvalue weighted by Crippen LogP contribution is 2.16. The summed E-state index contributed by atoms with van der Waals surface area (Å²) in [5.41, 5.74) is 0.652. The zero-order chi connectivity index (χ0) is 17.3. The molecular weight excluding hydrogens is 306 g/mol. The lowest BCUT2D eigenvalue weighted by Crippen LogP contribution is -2.61. The Balaban J connectivity index is 1.55. The van der Waals surface area contributed by atoms with Gasteiger partial charge < -0.3 is 15.0 Å². The normalized spacial score (nSPS) is 15.0. The van der Waals surface area contributed by atoms with Gasteiger partial charge in [-0.1, -0.05) is 24.3 Å². The van der Waals surface area contributed by atoms with Crippen LogP contribution in [-0.2, 0) is 4.74 Å². The summed E-state index contributed by atoms with van der Waals surface area (Å²) in [7, 11) is 0. The maximum absolute atomic E-state index is 12.3. The highest BCUT2D eigenvalue weighted by molar-refractivity contribution is 5.95. The van der Waals surface area contributed by atoms with Crippen LogP contribution < -0.4 is 5.32 Å². The van der Waals surface area contributed by atoms with E-state index in [0.29, 0.717) is 18.8 Å². The summed E-state index contributed by atoms with van der Waals surface area (Å²) in [5.74, 6) is -0.227. The first-order valence-electron chi connectivity index (χ1n) is 7.96. The molecule has 1 aromatic heterocycles. The number of hydrogen-bond donors (Lipinski definition) is 1. The van der Waals surface area contributed by atoms with Gasteiger partial charge in [-0.05, 0) is 32.9 Å². The van der Waals surface area contributed by atoms with Gasteiger partial charge in [-0.2, -0.15) is 0 Å². The van der Waals surface area contributed by atoms with Gasteiger partial charge in [0.2, 0.25) is 0 Å². The fourth-order valence-corrected chi connectivity index (χ4v) is 2.50. The molecule has 0 radical (unpaired) electrons. The summed E-state index contributed by atoms with van der Waals surface area (Å²) in [6.07, 6.45) is -0.350. The Morgan fingerprint density at radius 1 is 1.17 bits per heavy atom. The number of rotatable bonds is 2. The third-order valence-electron chi connectivity index (χ3n) is 3.70. The van der Waals surface area contributed by atoms with Gasteiger partial charge in [0.25, 0.3) is 5.91 Å². The fourth-order valence-electron chi connectivity index (χ4n) is 2.50. The number of aromatic nitrogens is 1. The van der Waals surface area contributed by atoms with Crippen molar-refractivity contribution in [2.75, 3.05) is 13.1 Å². The predicted octanol–water partition coefficient (Wildman–Crippen LogP) is 2.58. The van der Waals surface area contributed by atoms with Crippen molar-refractivity contribution in [2.24, 2.45) is 0 Å². The average molecular weight is 327 g/mol. The van der Waals surface area contributed by atoms with Crippen LogP contribution in [0.1, 0.15) is 31.3 Å². The number of nitrogens with one attached hydrogen (secondary N) is 1. The Bertz CT molecular complexity index is 776. The van der Waals surface area contributed by atoms with E-state index in [-0.39, 0.29) is 18.0 Å². The second kappa shape index (κ2) is 6.11. The quantitative estimate of drug-likeness (QED) is 0.920. The largest absolute Gasteiger partial charge is 0.444 e. The van der Waals surface area contributed by atoms with Crippen LogP contribution in [-0.4, -0.2) is 46.6 Å². The molecule has 6 nitrogen and oxygen atoms in total. The summed E-state index contributed by atoms with van der Waals surface area (Å²) in [5, 5.41) is 3.89. The Morgan fingerprint density at radius 2 is 1.88 bits per heavy atom. The third kappa shape index (κ3) is 3.64. The van der Waals surface area contributed by atoms with Crippen molar-refractivity contribution in [1.29, 1.82) is 0 Å². The van der Waals surface area contributed by atoms with E-state index in [4.69, 9.17) is 4.74 Å². The van der Waals surface area contributed by atoms with Gasteiger partial charge in [0.05, 0.1) is 11.6 Å². The molecule has 1 aromatic carbocycles. The summed E-state index contributed by atoms with van der Waals surface area (Å²) in [4.78, 5) is 30.1. The number of nitrogens with zero attached hydrogens (tertiary/aromatic N) is 2. The Labute approximate surface area is 140 Å². The zero-order valence-electron chi connectivity index (χ0n) is 14.1. The molecule has 2 amide bonds. The number of para-hydroxylation sites is 1. The van der Waals surface area contributed by atoms with Crippen molar-refractivity contribution < 1.29 is 14.3 Å². The maximum atomic E-state index is 12.3. The van der Waals surface area contributed by atoms with E-state index in [2.05, 4.69) is 10.3 Å². The number of hydrogen-bond acceptors (Lipinski definition) is 4. The number of pyridine rings is 1. The second-order valence-corrected chi connectivity index (χ2v) is 6.94. The van der Waals surface area contributed by atoms with Crippen LogP contribution in [0.25, 0.3) is 10.9 Å². The first-order chi connectivity index (χ1) is 11.3. The molecule has 0 spiro atoms. The average Bonchev–Trinajstić information content (AvgIpc) is 2.47. The van der Waals surface area contributed by atoms with Crippen LogP contribution >= 0.6 is 0 Å². The van der Waals surface area contributed by atoms with Crippen LogP contribution in [0.3, 0.4) is 0 Å². The van der Waals surface area contributed by atoms with Crippen LogP contribution in [0.15, 0.2) is 36.4 Å². The molecule has 1 N–H and O–H groups in total. The summed E-state index contributed by atoms with van der Waals surface area (Å²) in [6.45, 7) is 6.39. The van der Waals surface area contributed by atoms with E-state index in [1.54, 1.807) is 11.0 Å². The number of carbonyl (C=O) groups excluding carboxylic acids is 2. The van der Waals surface area contributed by atoms with Crippen LogP contribution in [0.4, 0.5) is 4.79 Å². The van der Waals surface area contributed by atoms with Gasteiger partial charge in [-0.3, -0.25) is 4.79 Å². The number of carbonyl (C=O) groups is 2. The third-order valence-corrected chi connectivity index (χ3v) is 3.70. The van der Waals surface area contributed by atoms with Gasteiger partial charge in [0.1, 0.15) is 11.3 Å². The molecule has 126 valence electrons. The molecule has 0 atom stereocenters. The molecule has 0 saturated carbocycles. The molecule has 1 aliphatic heterocycles. The van der Waals surface area contributed by atoms with E-state index in [0.717, 1.165) is 10.9 Å². The maximum Gasteiger partial charge on any atom is 0.410 e. The van der Waals surface area contributed by atoms with Crippen molar-refractivity contribution in [3.8, 4) is 0 Å². The molecule has 24 heavy (non-hydrogen) atoms. The number of amides is 2. The summed E-state index contributed by atoms with van der Waals surface area (Å²) < 4.78 is 5.29. The van der Waals surface area contributed by atoms with Crippen molar-refractivity contribution in [3.63, 3.8) is 0 Å². The van der Waals surface area contributed by atoms with E-state index >= 15 is 0 Å². The lowest BCUT2D eigenvalue weighted by molar-refractivity contribution is 0.00531. The first-order valence-corrected chi connectivity index (χ1v) is 7.96. The Kier molecular flexibility index (Phi) is 4.13. The highest BCUT2D eigenvalue weighted by Gasteiger charge is 2.34. The van der Waals surface area contributed by atoms with Crippen molar-refractivity contribution in [1.82, 2.24) is 15.2 Å². The smallest absolute Gasteiger partial charge is 0.410 e. The molecular formula is C18H21N3O3. The number of likely N-dealkylation sites (tertiary alicyclic amines) is 1. The van der Waals surface area contributed by atoms with Gasteiger partial charge in [0, 0.05) is 18.5 Å². The van der Waals surface area contributed by atoms with Crippen LogP contribution in [0.2, 0.25) is 0 Å². The first kappa shape index (κ1) is 16.2. The van der Waals surface area contributed by atoms with Gasteiger partial charge in [-0.25, -0.2) is 9.78 Å². The van der Waals surface area contributed by atoms with Crippen LogP contribution in [0, 0.1) is 0 Å².